The third kappa shape index (κ3) is 2.10. The summed E-state index contributed by atoms with van der Waals surface area (Å²) in [6.07, 6.45) is 2.80. The van der Waals surface area contributed by atoms with Gasteiger partial charge in [-0.3, -0.25) is 0 Å². The molecular formula is C7H14N2O. The monoisotopic (exact) mass is 142 g/mol. The van der Waals surface area contributed by atoms with Crippen LogP contribution in [-0.2, 0) is 0 Å². The molecule has 3 nitrogen and oxygen atoms in total. The van der Waals surface area contributed by atoms with Crippen molar-refractivity contribution in [3.8, 4) is 0 Å². The molecule has 1 aliphatic heterocycles. The quantitative estimate of drug-likeness (QED) is 0.542. The van der Waals surface area contributed by atoms with E-state index in [1.807, 2.05) is 6.08 Å². The second-order valence-corrected chi connectivity index (χ2v) is 2.59. The Bertz CT molecular complexity index is 116. The molecule has 1 heterocycles. The van der Waals surface area contributed by atoms with Crippen molar-refractivity contribution in [1.29, 1.82) is 0 Å². The summed E-state index contributed by atoms with van der Waals surface area (Å²) in [6, 6.07) is 0.385. The maximum Gasteiger partial charge on any atom is 0.0395 e. The zero-order chi connectivity index (χ0) is 7.40. The molecule has 1 saturated heterocycles. The number of nitrogens with zero attached hydrogens (tertiary/aromatic N) is 1. The zero-order valence-electron chi connectivity index (χ0n) is 6.08. The van der Waals surface area contributed by atoms with Gasteiger partial charge >= 0.3 is 0 Å². The smallest absolute Gasteiger partial charge is 0.0395 e. The minimum Gasteiger partial charge on any atom is -0.314 e. The highest BCUT2D eigenvalue weighted by molar-refractivity contribution is 4.82. The Morgan fingerprint density at radius 1 is 1.80 bits per heavy atom. The van der Waals surface area contributed by atoms with Crippen molar-refractivity contribution in [1.82, 2.24) is 10.4 Å². The first-order valence-electron chi connectivity index (χ1n) is 3.61. The number of hydrogen-bond acceptors (Lipinski definition) is 3. The number of piperazine rings is 1. The molecule has 1 fully saturated rings. The minimum absolute atomic E-state index is 0.385. The van der Waals surface area contributed by atoms with Crippen LogP contribution in [0.3, 0.4) is 0 Å². The second-order valence-electron chi connectivity index (χ2n) is 2.59. The van der Waals surface area contributed by atoms with Crippen LogP contribution in [-0.4, -0.2) is 35.9 Å². The van der Waals surface area contributed by atoms with Gasteiger partial charge in [0.05, 0.1) is 0 Å². The topological polar surface area (TPSA) is 35.5 Å². The summed E-state index contributed by atoms with van der Waals surface area (Å²) in [5, 5.41) is 13.7. The van der Waals surface area contributed by atoms with Gasteiger partial charge in [-0.15, -0.1) is 6.58 Å². The molecule has 0 amide bonds. The summed E-state index contributed by atoms with van der Waals surface area (Å²) in [5.41, 5.74) is 0. The average Bonchev–Trinajstić information content (AvgIpc) is 1.88. The summed E-state index contributed by atoms with van der Waals surface area (Å²) >= 11 is 0. The summed E-state index contributed by atoms with van der Waals surface area (Å²) in [7, 11) is 0. The molecule has 2 N–H and O–H groups in total. The van der Waals surface area contributed by atoms with E-state index in [4.69, 9.17) is 5.21 Å². The van der Waals surface area contributed by atoms with Crippen molar-refractivity contribution in [2.24, 2.45) is 0 Å². The van der Waals surface area contributed by atoms with E-state index in [0.29, 0.717) is 12.6 Å². The molecule has 10 heavy (non-hydrogen) atoms. The van der Waals surface area contributed by atoms with E-state index in [9.17, 15) is 0 Å². The number of hydroxylamine groups is 2. The molecule has 0 aromatic carbocycles. The Kier molecular flexibility index (Phi) is 2.86. The lowest BCUT2D eigenvalue weighted by Crippen LogP contribution is -2.48. The van der Waals surface area contributed by atoms with E-state index in [0.717, 1.165) is 19.5 Å². The summed E-state index contributed by atoms with van der Waals surface area (Å²) in [6.45, 7) is 5.95. The van der Waals surface area contributed by atoms with Gasteiger partial charge in [0.25, 0.3) is 0 Å². The van der Waals surface area contributed by atoms with E-state index in [1.165, 1.54) is 5.06 Å². The van der Waals surface area contributed by atoms with Gasteiger partial charge in [-0.25, -0.2) is 0 Å². The largest absolute Gasteiger partial charge is 0.314 e. The van der Waals surface area contributed by atoms with Gasteiger partial charge in [0.2, 0.25) is 0 Å². The van der Waals surface area contributed by atoms with Crippen LogP contribution < -0.4 is 5.32 Å². The van der Waals surface area contributed by atoms with Crippen LogP contribution in [0.1, 0.15) is 6.42 Å². The highest BCUT2D eigenvalue weighted by Gasteiger charge is 2.15. The molecule has 0 aromatic heterocycles. The Morgan fingerprint density at radius 3 is 3.20 bits per heavy atom. The first kappa shape index (κ1) is 7.72. The Balaban J connectivity index is 2.24. The van der Waals surface area contributed by atoms with Gasteiger partial charge in [0.15, 0.2) is 0 Å². The third-order valence-corrected chi connectivity index (χ3v) is 1.69. The maximum absolute atomic E-state index is 9.07. The second kappa shape index (κ2) is 3.71. The van der Waals surface area contributed by atoms with Crippen molar-refractivity contribution in [2.75, 3.05) is 19.6 Å². The summed E-state index contributed by atoms with van der Waals surface area (Å²) in [5.74, 6) is 0. The van der Waals surface area contributed by atoms with Crippen LogP contribution in [0.2, 0.25) is 0 Å². The summed E-state index contributed by atoms with van der Waals surface area (Å²) in [4.78, 5) is 0. The first-order valence-corrected chi connectivity index (χ1v) is 3.61. The van der Waals surface area contributed by atoms with Crippen LogP contribution in [0, 0.1) is 0 Å². The molecule has 0 spiro atoms. The van der Waals surface area contributed by atoms with E-state index < -0.39 is 0 Å². The lowest BCUT2D eigenvalue weighted by atomic mass is 10.2. The molecule has 3 heteroatoms. The fraction of sp³-hybridized carbons (Fsp3) is 0.714. The molecule has 1 unspecified atom stereocenters. The predicted molar refractivity (Wildman–Crippen MR) is 40.0 cm³/mol. The van der Waals surface area contributed by atoms with E-state index in [-0.39, 0.29) is 0 Å². The molecule has 1 atom stereocenters. The number of nitrogens with one attached hydrogen (secondary N) is 1. The van der Waals surface area contributed by atoms with E-state index >= 15 is 0 Å². The van der Waals surface area contributed by atoms with Gasteiger partial charge in [-0.05, 0) is 6.42 Å². The SMILES string of the molecule is C=CCC1CN(O)CCN1. The van der Waals surface area contributed by atoms with Gasteiger partial charge < -0.3 is 10.5 Å². The van der Waals surface area contributed by atoms with Crippen LogP contribution in [0.4, 0.5) is 0 Å². The van der Waals surface area contributed by atoms with E-state index in [2.05, 4.69) is 11.9 Å². The van der Waals surface area contributed by atoms with Crippen molar-refractivity contribution >= 4 is 0 Å². The van der Waals surface area contributed by atoms with Crippen LogP contribution in [0.15, 0.2) is 12.7 Å². The highest BCUT2D eigenvalue weighted by atomic mass is 16.5. The fourth-order valence-corrected chi connectivity index (χ4v) is 1.17. The van der Waals surface area contributed by atoms with Crippen LogP contribution >= 0.6 is 0 Å². The molecule has 1 rings (SSSR count). The van der Waals surface area contributed by atoms with Crippen molar-refractivity contribution in [3.05, 3.63) is 12.7 Å². The van der Waals surface area contributed by atoms with Gasteiger partial charge in [0, 0.05) is 25.7 Å². The third-order valence-electron chi connectivity index (χ3n) is 1.69. The molecule has 0 saturated carbocycles. The first-order chi connectivity index (χ1) is 4.83. The molecule has 0 radical (unpaired) electrons. The molecule has 0 aromatic rings. The molecule has 0 aliphatic carbocycles. The van der Waals surface area contributed by atoms with Gasteiger partial charge in [-0.2, -0.15) is 5.06 Å². The molecule has 1 aliphatic rings. The van der Waals surface area contributed by atoms with Crippen molar-refractivity contribution in [2.45, 2.75) is 12.5 Å². The maximum atomic E-state index is 9.07. The molecular weight excluding hydrogens is 128 g/mol. The highest BCUT2D eigenvalue weighted by Crippen LogP contribution is 1.99. The van der Waals surface area contributed by atoms with Crippen LogP contribution in [0.5, 0.6) is 0 Å². The fourth-order valence-electron chi connectivity index (χ4n) is 1.17. The Hall–Kier alpha value is -0.380. The van der Waals surface area contributed by atoms with Gasteiger partial charge in [-0.1, -0.05) is 6.08 Å². The standard InChI is InChI=1S/C7H14N2O/c1-2-3-7-6-9(10)5-4-8-7/h2,7-8,10H,1,3-6H2. The molecule has 0 bridgehead atoms. The Labute approximate surface area is 61.3 Å². The lowest BCUT2D eigenvalue weighted by Gasteiger charge is -2.28. The predicted octanol–water partition coefficient (Wildman–Crippen LogP) is 0.225. The lowest BCUT2D eigenvalue weighted by molar-refractivity contribution is -0.108. The zero-order valence-corrected chi connectivity index (χ0v) is 6.08. The minimum atomic E-state index is 0.385. The number of rotatable bonds is 2. The Morgan fingerprint density at radius 2 is 2.60 bits per heavy atom. The van der Waals surface area contributed by atoms with E-state index in [1.54, 1.807) is 0 Å². The van der Waals surface area contributed by atoms with Crippen LogP contribution in [0.25, 0.3) is 0 Å². The van der Waals surface area contributed by atoms with Crippen molar-refractivity contribution in [3.63, 3.8) is 0 Å². The average molecular weight is 142 g/mol. The molecule has 58 valence electrons. The van der Waals surface area contributed by atoms with Gasteiger partial charge in [0.1, 0.15) is 0 Å². The number of hydrogen-bond donors (Lipinski definition) is 2. The normalized spacial score (nSPS) is 28.3. The summed E-state index contributed by atoms with van der Waals surface area (Å²) < 4.78 is 0. The van der Waals surface area contributed by atoms with Crippen molar-refractivity contribution < 1.29 is 5.21 Å².